The number of nitrogens with one attached hydrogen (secondary N) is 1. The van der Waals surface area contributed by atoms with Crippen LogP contribution in [0, 0.1) is 0 Å². The van der Waals surface area contributed by atoms with Gasteiger partial charge in [0.2, 0.25) is 5.91 Å². The van der Waals surface area contributed by atoms with E-state index in [1.807, 2.05) is 0 Å². The van der Waals surface area contributed by atoms with E-state index in [4.69, 9.17) is 10.5 Å². The van der Waals surface area contributed by atoms with E-state index in [2.05, 4.69) is 25.7 Å². The Hall–Kier alpha value is -1.81. The second-order valence-electron chi connectivity index (χ2n) is 4.46. The van der Waals surface area contributed by atoms with Crippen molar-refractivity contribution in [3.63, 3.8) is 0 Å². The number of rotatable bonds is 7. The van der Waals surface area contributed by atoms with Crippen molar-refractivity contribution in [2.24, 2.45) is 5.73 Å². The Labute approximate surface area is 108 Å². The van der Waals surface area contributed by atoms with Crippen molar-refractivity contribution in [2.45, 2.75) is 19.9 Å². The molecule has 1 aromatic carbocycles. The molecule has 0 aliphatic rings. The van der Waals surface area contributed by atoms with Gasteiger partial charge in [0.05, 0.1) is 0 Å². The van der Waals surface area contributed by atoms with Gasteiger partial charge < -0.3 is 15.8 Å². The van der Waals surface area contributed by atoms with Crippen LogP contribution in [-0.4, -0.2) is 25.1 Å². The summed E-state index contributed by atoms with van der Waals surface area (Å²) < 4.78 is 5.54. The molecule has 0 heterocycles. The molecule has 0 aliphatic carbocycles. The number of carbonyl (C=O) groups excluding carboxylic acids is 1. The van der Waals surface area contributed by atoms with E-state index >= 15 is 0 Å². The summed E-state index contributed by atoms with van der Waals surface area (Å²) in [4.78, 5) is 10.9. The molecule has 98 valence electrons. The Balaban J connectivity index is 2.39. The third-order valence-electron chi connectivity index (χ3n) is 2.34. The molecule has 4 heteroatoms. The average molecular weight is 248 g/mol. The highest BCUT2D eigenvalue weighted by Crippen LogP contribution is 2.12. The normalized spacial score (nSPS) is 10.4. The van der Waals surface area contributed by atoms with Gasteiger partial charge in [0.1, 0.15) is 12.4 Å². The van der Waals surface area contributed by atoms with Crippen molar-refractivity contribution in [2.75, 3.05) is 13.2 Å². The van der Waals surface area contributed by atoms with Gasteiger partial charge in [-0.1, -0.05) is 20.4 Å². The first kappa shape index (κ1) is 14.3. The second kappa shape index (κ2) is 6.81. The van der Waals surface area contributed by atoms with Crippen LogP contribution in [0.15, 0.2) is 36.4 Å². The van der Waals surface area contributed by atoms with E-state index < -0.39 is 5.91 Å². The van der Waals surface area contributed by atoms with Crippen LogP contribution in [0.25, 0.3) is 0 Å². The molecule has 0 atom stereocenters. The lowest BCUT2D eigenvalue weighted by Crippen LogP contribution is -2.26. The topological polar surface area (TPSA) is 64.3 Å². The summed E-state index contributed by atoms with van der Waals surface area (Å²) >= 11 is 0. The highest BCUT2D eigenvalue weighted by molar-refractivity contribution is 5.92. The number of nitrogens with two attached hydrogens (primary N) is 1. The number of carbonyl (C=O) groups is 1. The van der Waals surface area contributed by atoms with E-state index in [-0.39, 0.29) is 0 Å². The Bertz CT molecular complexity index is 410. The Kier molecular flexibility index (Phi) is 5.39. The lowest BCUT2D eigenvalue weighted by atomic mass is 10.2. The third-order valence-corrected chi connectivity index (χ3v) is 2.34. The molecule has 0 fully saturated rings. The van der Waals surface area contributed by atoms with Gasteiger partial charge in [0, 0.05) is 18.2 Å². The van der Waals surface area contributed by atoms with Crippen LogP contribution >= 0.6 is 0 Å². The minimum Gasteiger partial charge on any atom is -0.489 e. The Morgan fingerprint density at radius 1 is 1.39 bits per heavy atom. The van der Waals surface area contributed by atoms with E-state index in [1.165, 1.54) is 0 Å². The molecule has 0 aromatic heterocycles. The van der Waals surface area contributed by atoms with Gasteiger partial charge in [-0.2, -0.15) is 0 Å². The number of hydrogen-bond acceptors (Lipinski definition) is 3. The number of primary amides is 1. The molecule has 0 bridgehead atoms. The SMILES string of the molecule is C=C(CNC(C)C)COc1ccc(C(N)=O)cc1. The van der Waals surface area contributed by atoms with E-state index in [0.717, 1.165) is 12.1 Å². The van der Waals surface area contributed by atoms with Crippen molar-refractivity contribution in [1.29, 1.82) is 0 Å². The molecule has 0 unspecified atom stereocenters. The molecule has 1 aromatic rings. The quantitative estimate of drug-likeness (QED) is 0.722. The highest BCUT2D eigenvalue weighted by Gasteiger charge is 2.01. The van der Waals surface area contributed by atoms with Crippen LogP contribution < -0.4 is 15.8 Å². The molecule has 0 aliphatic heterocycles. The largest absolute Gasteiger partial charge is 0.489 e. The number of amides is 1. The van der Waals surface area contributed by atoms with Crippen LogP contribution in [0.4, 0.5) is 0 Å². The maximum absolute atomic E-state index is 10.9. The van der Waals surface area contributed by atoms with E-state index in [0.29, 0.717) is 24.0 Å². The molecule has 18 heavy (non-hydrogen) atoms. The lowest BCUT2D eigenvalue weighted by molar-refractivity contribution is 0.100. The predicted molar refractivity (Wildman–Crippen MR) is 72.7 cm³/mol. The van der Waals surface area contributed by atoms with Crippen molar-refractivity contribution in [1.82, 2.24) is 5.32 Å². The molecule has 4 nitrogen and oxygen atoms in total. The Morgan fingerprint density at radius 3 is 2.50 bits per heavy atom. The second-order valence-corrected chi connectivity index (χ2v) is 4.46. The molecule has 0 saturated heterocycles. The Morgan fingerprint density at radius 2 is 2.00 bits per heavy atom. The maximum atomic E-state index is 10.9. The smallest absolute Gasteiger partial charge is 0.248 e. The van der Waals surface area contributed by atoms with Crippen molar-refractivity contribution < 1.29 is 9.53 Å². The zero-order valence-electron chi connectivity index (χ0n) is 10.9. The summed E-state index contributed by atoms with van der Waals surface area (Å²) in [5, 5.41) is 3.26. The van der Waals surface area contributed by atoms with Crippen LogP contribution in [0.1, 0.15) is 24.2 Å². The summed E-state index contributed by atoms with van der Waals surface area (Å²) in [7, 11) is 0. The van der Waals surface area contributed by atoms with Crippen LogP contribution in [-0.2, 0) is 0 Å². The first-order valence-electron chi connectivity index (χ1n) is 5.91. The molecule has 0 saturated carbocycles. The minimum absolute atomic E-state index is 0.427. The average Bonchev–Trinajstić information content (AvgIpc) is 2.34. The first-order chi connectivity index (χ1) is 8.49. The fraction of sp³-hybridized carbons (Fsp3) is 0.357. The summed E-state index contributed by atoms with van der Waals surface area (Å²) in [6.07, 6.45) is 0. The molecule has 1 rings (SSSR count). The van der Waals surface area contributed by atoms with Gasteiger partial charge in [-0.25, -0.2) is 0 Å². The zero-order valence-corrected chi connectivity index (χ0v) is 10.9. The van der Waals surface area contributed by atoms with Gasteiger partial charge in [-0.3, -0.25) is 4.79 Å². The van der Waals surface area contributed by atoms with Crippen molar-refractivity contribution >= 4 is 5.91 Å². The summed E-state index contributed by atoms with van der Waals surface area (Å²) in [6.45, 7) is 9.27. The van der Waals surface area contributed by atoms with Crippen LogP contribution in [0.5, 0.6) is 5.75 Å². The zero-order chi connectivity index (χ0) is 13.5. The van der Waals surface area contributed by atoms with Gasteiger partial charge in [-0.05, 0) is 29.8 Å². The lowest BCUT2D eigenvalue weighted by Gasteiger charge is -2.11. The molecule has 0 spiro atoms. The minimum atomic E-state index is -0.438. The van der Waals surface area contributed by atoms with Gasteiger partial charge in [-0.15, -0.1) is 0 Å². The van der Waals surface area contributed by atoms with Crippen molar-refractivity contribution in [3.8, 4) is 5.75 Å². The fourth-order valence-electron chi connectivity index (χ4n) is 1.30. The highest BCUT2D eigenvalue weighted by atomic mass is 16.5. The van der Waals surface area contributed by atoms with Crippen molar-refractivity contribution in [3.05, 3.63) is 42.0 Å². The number of benzene rings is 1. The monoisotopic (exact) mass is 248 g/mol. The summed E-state index contributed by atoms with van der Waals surface area (Å²) in [5.41, 5.74) is 6.60. The van der Waals surface area contributed by atoms with E-state index in [1.54, 1.807) is 24.3 Å². The molecule has 0 radical (unpaired) electrons. The van der Waals surface area contributed by atoms with E-state index in [9.17, 15) is 4.79 Å². The van der Waals surface area contributed by atoms with Gasteiger partial charge in [0.25, 0.3) is 0 Å². The molecular weight excluding hydrogens is 228 g/mol. The standard InChI is InChI=1S/C14H20N2O2/c1-10(2)16-8-11(3)9-18-13-6-4-12(5-7-13)14(15)17/h4-7,10,16H,3,8-9H2,1-2H3,(H2,15,17). The first-order valence-corrected chi connectivity index (χ1v) is 5.91. The van der Waals surface area contributed by atoms with Gasteiger partial charge in [0.15, 0.2) is 0 Å². The number of ether oxygens (including phenoxy) is 1. The van der Waals surface area contributed by atoms with Crippen LogP contribution in [0.3, 0.4) is 0 Å². The third kappa shape index (κ3) is 5.01. The summed E-state index contributed by atoms with van der Waals surface area (Å²) in [5.74, 6) is 0.262. The predicted octanol–water partition coefficient (Wildman–Crippen LogP) is 1.72. The summed E-state index contributed by atoms with van der Waals surface area (Å²) in [6, 6.07) is 7.17. The molecule has 1 amide bonds. The van der Waals surface area contributed by atoms with Gasteiger partial charge >= 0.3 is 0 Å². The molecule has 3 N–H and O–H groups in total. The number of hydrogen-bond donors (Lipinski definition) is 2. The fourth-order valence-corrected chi connectivity index (χ4v) is 1.30. The van der Waals surface area contributed by atoms with Crippen LogP contribution in [0.2, 0.25) is 0 Å². The molecular formula is C14H20N2O2. The maximum Gasteiger partial charge on any atom is 0.248 e.